The molecule has 0 saturated carbocycles. The number of rotatable bonds is 6. The number of methoxy groups -OCH3 is 1. The highest BCUT2D eigenvalue weighted by atomic mass is 32.1. The van der Waals surface area contributed by atoms with Crippen LogP contribution in [-0.2, 0) is 0 Å². The van der Waals surface area contributed by atoms with Gasteiger partial charge < -0.3 is 20.1 Å². The molecule has 0 aliphatic rings. The molecule has 0 spiro atoms. The summed E-state index contributed by atoms with van der Waals surface area (Å²) in [6, 6.07) is 15.7. The van der Waals surface area contributed by atoms with E-state index in [0.717, 1.165) is 22.7 Å². The van der Waals surface area contributed by atoms with Gasteiger partial charge in [-0.1, -0.05) is 12.1 Å². The van der Waals surface area contributed by atoms with E-state index in [1.807, 2.05) is 55.5 Å². The fraction of sp³-hybridized carbons (Fsp3) is 0.278. The van der Waals surface area contributed by atoms with Crippen LogP contribution < -0.4 is 20.1 Å². The van der Waals surface area contributed by atoms with Crippen molar-refractivity contribution < 1.29 is 9.47 Å². The van der Waals surface area contributed by atoms with Gasteiger partial charge in [-0.3, -0.25) is 0 Å². The molecule has 1 atom stereocenters. The summed E-state index contributed by atoms with van der Waals surface area (Å²) in [5, 5.41) is 7.02. The van der Waals surface area contributed by atoms with Gasteiger partial charge in [-0.15, -0.1) is 0 Å². The molecule has 0 bridgehead atoms. The van der Waals surface area contributed by atoms with Crippen molar-refractivity contribution >= 4 is 23.0 Å². The summed E-state index contributed by atoms with van der Waals surface area (Å²) in [6.45, 7) is 4.71. The molecule has 2 aromatic carbocycles. The number of ether oxygens (including phenoxy) is 2. The molecule has 23 heavy (non-hydrogen) atoms. The largest absolute Gasteiger partial charge is 0.497 e. The van der Waals surface area contributed by atoms with Crippen molar-refractivity contribution in [1.82, 2.24) is 5.32 Å². The predicted molar refractivity (Wildman–Crippen MR) is 98.4 cm³/mol. The molecule has 0 radical (unpaired) electrons. The highest BCUT2D eigenvalue weighted by Crippen LogP contribution is 2.18. The Morgan fingerprint density at radius 1 is 1.04 bits per heavy atom. The third kappa shape index (κ3) is 5.14. The van der Waals surface area contributed by atoms with Crippen LogP contribution in [0.5, 0.6) is 11.5 Å². The molecule has 0 aliphatic heterocycles. The van der Waals surface area contributed by atoms with Crippen LogP contribution in [0.3, 0.4) is 0 Å². The zero-order valence-electron chi connectivity index (χ0n) is 13.6. The second-order valence-electron chi connectivity index (χ2n) is 5.05. The number of benzene rings is 2. The van der Waals surface area contributed by atoms with Crippen LogP contribution in [0, 0.1) is 0 Å². The van der Waals surface area contributed by atoms with Gasteiger partial charge >= 0.3 is 0 Å². The molecule has 2 aromatic rings. The summed E-state index contributed by atoms with van der Waals surface area (Å²) in [5.41, 5.74) is 2.06. The lowest BCUT2D eigenvalue weighted by Gasteiger charge is -2.18. The normalized spacial score (nSPS) is 11.4. The quantitative estimate of drug-likeness (QED) is 0.779. The summed E-state index contributed by atoms with van der Waals surface area (Å²) in [5.74, 6) is 1.69. The van der Waals surface area contributed by atoms with Crippen LogP contribution in [0.4, 0.5) is 5.69 Å². The lowest BCUT2D eigenvalue weighted by atomic mass is 10.1. The standard InChI is InChI=1S/C18H22N2O2S/c1-4-22-17-9-5-14(6-10-17)13(2)19-18(23)20-15-7-11-16(21-3)12-8-15/h5-13H,4H2,1-3H3,(H2,19,20,23). The van der Waals surface area contributed by atoms with Gasteiger partial charge in [0.2, 0.25) is 0 Å². The van der Waals surface area contributed by atoms with Crippen molar-refractivity contribution in [2.24, 2.45) is 0 Å². The van der Waals surface area contributed by atoms with E-state index < -0.39 is 0 Å². The van der Waals surface area contributed by atoms with E-state index in [2.05, 4.69) is 17.6 Å². The molecule has 2 N–H and O–H groups in total. The second kappa shape index (κ2) is 8.39. The molecule has 5 heteroatoms. The number of hydrogen-bond donors (Lipinski definition) is 2. The molecule has 0 amide bonds. The average molecular weight is 330 g/mol. The van der Waals surface area contributed by atoms with E-state index in [1.54, 1.807) is 7.11 Å². The lowest BCUT2D eigenvalue weighted by Crippen LogP contribution is -2.30. The SMILES string of the molecule is CCOc1ccc(C(C)NC(=S)Nc2ccc(OC)cc2)cc1. The second-order valence-corrected chi connectivity index (χ2v) is 5.46. The molecule has 4 nitrogen and oxygen atoms in total. The third-order valence-corrected chi connectivity index (χ3v) is 3.61. The molecule has 0 aromatic heterocycles. The van der Waals surface area contributed by atoms with Gasteiger partial charge in [-0.2, -0.15) is 0 Å². The van der Waals surface area contributed by atoms with Crippen molar-refractivity contribution in [3.63, 3.8) is 0 Å². The van der Waals surface area contributed by atoms with Gasteiger partial charge in [0.1, 0.15) is 11.5 Å². The summed E-state index contributed by atoms with van der Waals surface area (Å²) < 4.78 is 10.6. The summed E-state index contributed by atoms with van der Waals surface area (Å²) in [6.07, 6.45) is 0. The zero-order valence-corrected chi connectivity index (χ0v) is 14.4. The van der Waals surface area contributed by atoms with Crippen molar-refractivity contribution in [3.05, 3.63) is 54.1 Å². The number of hydrogen-bond acceptors (Lipinski definition) is 3. The van der Waals surface area contributed by atoms with Crippen molar-refractivity contribution in [2.45, 2.75) is 19.9 Å². The molecule has 2 rings (SSSR count). The van der Waals surface area contributed by atoms with Crippen LogP contribution in [0.2, 0.25) is 0 Å². The Labute approximate surface area is 142 Å². The van der Waals surface area contributed by atoms with Gasteiger partial charge in [-0.05, 0) is 68.0 Å². The summed E-state index contributed by atoms with van der Waals surface area (Å²) in [7, 11) is 1.65. The van der Waals surface area contributed by atoms with Gasteiger partial charge in [-0.25, -0.2) is 0 Å². The van der Waals surface area contributed by atoms with Gasteiger partial charge in [0, 0.05) is 5.69 Å². The Hall–Kier alpha value is -2.27. The molecule has 0 heterocycles. The Morgan fingerprint density at radius 2 is 1.65 bits per heavy atom. The van der Waals surface area contributed by atoms with E-state index in [9.17, 15) is 0 Å². The van der Waals surface area contributed by atoms with Gasteiger partial charge in [0.25, 0.3) is 0 Å². The highest BCUT2D eigenvalue weighted by molar-refractivity contribution is 7.80. The van der Waals surface area contributed by atoms with Gasteiger partial charge in [0.05, 0.1) is 19.8 Å². The van der Waals surface area contributed by atoms with E-state index >= 15 is 0 Å². The minimum atomic E-state index is 0.101. The van der Waals surface area contributed by atoms with Crippen LogP contribution >= 0.6 is 12.2 Å². The first kappa shape index (κ1) is 17.1. The number of nitrogens with one attached hydrogen (secondary N) is 2. The molecule has 0 fully saturated rings. The smallest absolute Gasteiger partial charge is 0.171 e. The van der Waals surface area contributed by atoms with E-state index in [-0.39, 0.29) is 6.04 Å². The van der Waals surface area contributed by atoms with Crippen molar-refractivity contribution in [1.29, 1.82) is 0 Å². The molecular formula is C18H22N2O2S. The van der Waals surface area contributed by atoms with Crippen LogP contribution in [0.25, 0.3) is 0 Å². The number of anilines is 1. The lowest BCUT2D eigenvalue weighted by molar-refractivity contribution is 0.340. The molecular weight excluding hydrogens is 308 g/mol. The topological polar surface area (TPSA) is 42.5 Å². The first-order valence-electron chi connectivity index (χ1n) is 7.56. The summed E-state index contributed by atoms with van der Waals surface area (Å²) in [4.78, 5) is 0. The average Bonchev–Trinajstić information content (AvgIpc) is 2.56. The van der Waals surface area contributed by atoms with Crippen LogP contribution in [0.15, 0.2) is 48.5 Å². The monoisotopic (exact) mass is 330 g/mol. The Bertz CT molecular complexity index is 626. The first-order chi connectivity index (χ1) is 11.1. The maximum Gasteiger partial charge on any atom is 0.171 e. The van der Waals surface area contributed by atoms with Crippen molar-refractivity contribution in [2.75, 3.05) is 19.0 Å². The minimum absolute atomic E-state index is 0.101. The fourth-order valence-corrected chi connectivity index (χ4v) is 2.44. The van der Waals surface area contributed by atoms with E-state index in [0.29, 0.717) is 11.7 Å². The predicted octanol–water partition coefficient (Wildman–Crippen LogP) is 4.14. The van der Waals surface area contributed by atoms with Crippen LogP contribution in [0.1, 0.15) is 25.5 Å². The molecule has 0 aliphatic carbocycles. The summed E-state index contributed by atoms with van der Waals surface area (Å²) >= 11 is 5.36. The number of thiocarbonyl (C=S) groups is 1. The first-order valence-corrected chi connectivity index (χ1v) is 7.97. The highest BCUT2D eigenvalue weighted by Gasteiger charge is 2.07. The Kier molecular flexibility index (Phi) is 6.23. The molecule has 122 valence electrons. The third-order valence-electron chi connectivity index (χ3n) is 3.39. The molecule has 0 saturated heterocycles. The van der Waals surface area contributed by atoms with E-state index in [1.165, 1.54) is 0 Å². The maximum absolute atomic E-state index is 5.45. The minimum Gasteiger partial charge on any atom is -0.497 e. The molecule has 1 unspecified atom stereocenters. The van der Waals surface area contributed by atoms with Crippen molar-refractivity contribution in [3.8, 4) is 11.5 Å². The fourth-order valence-electron chi connectivity index (χ4n) is 2.14. The van der Waals surface area contributed by atoms with Crippen LogP contribution in [-0.4, -0.2) is 18.8 Å². The van der Waals surface area contributed by atoms with Gasteiger partial charge in [0.15, 0.2) is 5.11 Å². The Balaban J connectivity index is 1.90. The van der Waals surface area contributed by atoms with E-state index in [4.69, 9.17) is 21.7 Å². The Morgan fingerprint density at radius 3 is 2.22 bits per heavy atom. The maximum atomic E-state index is 5.45. The zero-order chi connectivity index (χ0) is 16.7.